The Morgan fingerprint density at radius 2 is 1.75 bits per heavy atom. The quantitative estimate of drug-likeness (QED) is 0.732. The number of hydrogen-bond acceptors (Lipinski definition) is 1. The summed E-state index contributed by atoms with van der Waals surface area (Å²) in [6.45, 7) is 1.79. The van der Waals surface area contributed by atoms with Crippen molar-refractivity contribution < 1.29 is 22.4 Å². The molecule has 0 aromatic heterocycles. The fourth-order valence-electron chi connectivity index (χ4n) is 1.13. The van der Waals surface area contributed by atoms with Crippen LogP contribution < -0.4 is 0 Å². The molecule has 0 unspecified atom stereocenters. The van der Waals surface area contributed by atoms with Gasteiger partial charge in [-0.05, 0) is 12.5 Å². The summed E-state index contributed by atoms with van der Waals surface area (Å²) in [5, 5.41) is 0. The SMILES string of the molecule is Cc1ccc(CC(=O)C(F)(F)C(F)F)cc1. The lowest BCUT2D eigenvalue weighted by molar-refractivity contribution is -0.166. The van der Waals surface area contributed by atoms with Gasteiger partial charge in [-0.2, -0.15) is 8.78 Å². The molecule has 0 N–H and O–H groups in total. The molecule has 1 nitrogen and oxygen atoms in total. The number of carbonyl (C=O) groups is 1. The molecular formula is C11H10F4O. The number of aryl methyl sites for hydroxylation is 1. The van der Waals surface area contributed by atoms with Gasteiger partial charge in [0.25, 0.3) is 0 Å². The Hall–Kier alpha value is -1.39. The van der Waals surface area contributed by atoms with E-state index in [1.165, 1.54) is 12.1 Å². The molecule has 0 saturated carbocycles. The van der Waals surface area contributed by atoms with Crippen LogP contribution >= 0.6 is 0 Å². The Bertz CT molecular complexity index is 370. The first-order valence-electron chi connectivity index (χ1n) is 4.59. The van der Waals surface area contributed by atoms with Crippen LogP contribution in [0.1, 0.15) is 11.1 Å². The van der Waals surface area contributed by atoms with Crippen molar-refractivity contribution in [1.29, 1.82) is 0 Å². The number of Topliss-reactive ketones (excluding diaryl/α,β-unsaturated/α-hetero) is 1. The molecule has 0 spiro atoms. The highest BCUT2D eigenvalue weighted by Crippen LogP contribution is 2.25. The zero-order chi connectivity index (χ0) is 12.3. The fraction of sp³-hybridized carbons (Fsp3) is 0.364. The molecule has 0 amide bonds. The Labute approximate surface area is 90.1 Å². The van der Waals surface area contributed by atoms with Gasteiger partial charge in [-0.15, -0.1) is 0 Å². The van der Waals surface area contributed by atoms with Crippen LogP contribution in [0.4, 0.5) is 17.6 Å². The minimum atomic E-state index is -4.56. The molecule has 0 aliphatic heterocycles. The third kappa shape index (κ3) is 2.81. The van der Waals surface area contributed by atoms with E-state index in [0.29, 0.717) is 5.56 Å². The lowest BCUT2D eigenvalue weighted by atomic mass is 10.0. The van der Waals surface area contributed by atoms with Crippen molar-refractivity contribution in [2.45, 2.75) is 25.7 Å². The zero-order valence-electron chi connectivity index (χ0n) is 8.51. The van der Waals surface area contributed by atoms with Crippen LogP contribution in [0.25, 0.3) is 0 Å². The molecule has 0 saturated heterocycles. The van der Waals surface area contributed by atoms with E-state index in [2.05, 4.69) is 0 Å². The molecular weight excluding hydrogens is 224 g/mol. The average Bonchev–Trinajstić information content (AvgIpc) is 2.21. The molecule has 0 aliphatic rings. The highest BCUT2D eigenvalue weighted by atomic mass is 19.3. The lowest BCUT2D eigenvalue weighted by Crippen LogP contribution is -2.37. The maximum absolute atomic E-state index is 12.6. The van der Waals surface area contributed by atoms with E-state index in [1.807, 2.05) is 0 Å². The Morgan fingerprint density at radius 3 is 2.19 bits per heavy atom. The number of benzene rings is 1. The van der Waals surface area contributed by atoms with Crippen molar-refractivity contribution in [2.75, 3.05) is 0 Å². The maximum Gasteiger partial charge on any atom is 0.364 e. The molecule has 0 fully saturated rings. The number of rotatable bonds is 4. The first-order chi connectivity index (χ1) is 7.34. The fourth-order valence-corrected chi connectivity index (χ4v) is 1.13. The van der Waals surface area contributed by atoms with Crippen molar-refractivity contribution in [2.24, 2.45) is 0 Å². The first kappa shape index (κ1) is 12.7. The topological polar surface area (TPSA) is 17.1 Å². The predicted octanol–water partition coefficient (Wildman–Crippen LogP) is 3.01. The first-order valence-corrected chi connectivity index (χ1v) is 4.59. The lowest BCUT2D eigenvalue weighted by Gasteiger charge is -2.13. The van der Waals surface area contributed by atoms with Gasteiger partial charge in [-0.25, -0.2) is 8.78 Å². The van der Waals surface area contributed by atoms with E-state index < -0.39 is 24.6 Å². The average molecular weight is 234 g/mol. The minimum absolute atomic E-state index is 0.302. The van der Waals surface area contributed by atoms with Crippen LogP contribution in [-0.4, -0.2) is 18.1 Å². The second-order valence-corrected chi connectivity index (χ2v) is 3.51. The van der Waals surface area contributed by atoms with Crippen LogP contribution in [0.2, 0.25) is 0 Å². The minimum Gasteiger partial charge on any atom is -0.292 e. The Kier molecular flexibility index (Phi) is 3.67. The van der Waals surface area contributed by atoms with E-state index in [4.69, 9.17) is 0 Å². The number of halogens is 4. The van der Waals surface area contributed by atoms with E-state index >= 15 is 0 Å². The maximum atomic E-state index is 12.6. The molecule has 0 aliphatic carbocycles. The van der Waals surface area contributed by atoms with E-state index in [-0.39, 0.29) is 0 Å². The second kappa shape index (κ2) is 4.63. The van der Waals surface area contributed by atoms with Gasteiger partial charge in [0.05, 0.1) is 0 Å². The van der Waals surface area contributed by atoms with E-state index in [1.54, 1.807) is 19.1 Å². The summed E-state index contributed by atoms with van der Waals surface area (Å²) < 4.78 is 48.9. The number of carbonyl (C=O) groups excluding carboxylic acids is 1. The van der Waals surface area contributed by atoms with Gasteiger partial charge < -0.3 is 0 Å². The van der Waals surface area contributed by atoms with Gasteiger partial charge in [-0.3, -0.25) is 4.79 Å². The van der Waals surface area contributed by atoms with Crippen molar-refractivity contribution in [3.8, 4) is 0 Å². The molecule has 1 aromatic carbocycles. The summed E-state index contributed by atoms with van der Waals surface area (Å²) in [6.07, 6.45) is -4.64. The van der Waals surface area contributed by atoms with Crippen LogP contribution in [-0.2, 0) is 11.2 Å². The highest BCUT2D eigenvalue weighted by Gasteiger charge is 2.47. The van der Waals surface area contributed by atoms with Gasteiger partial charge in [0.1, 0.15) is 0 Å². The third-order valence-electron chi connectivity index (χ3n) is 2.13. The summed E-state index contributed by atoms with van der Waals surface area (Å²) in [6, 6.07) is 6.19. The van der Waals surface area contributed by atoms with Gasteiger partial charge in [0, 0.05) is 6.42 Å². The summed E-state index contributed by atoms with van der Waals surface area (Å²) in [5.74, 6) is -6.32. The molecule has 0 heterocycles. The molecule has 88 valence electrons. The molecule has 1 rings (SSSR count). The van der Waals surface area contributed by atoms with Crippen molar-refractivity contribution in [3.63, 3.8) is 0 Å². The third-order valence-corrected chi connectivity index (χ3v) is 2.13. The standard InChI is InChI=1S/C11H10F4O/c1-7-2-4-8(5-3-7)6-9(16)11(14,15)10(12)13/h2-5,10H,6H2,1H3. The zero-order valence-corrected chi connectivity index (χ0v) is 8.51. The largest absolute Gasteiger partial charge is 0.364 e. The normalized spacial score (nSPS) is 11.9. The molecule has 16 heavy (non-hydrogen) atoms. The number of ketones is 1. The van der Waals surface area contributed by atoms with Gasteiger partial charge in [-0.1, -0.05) is 29.8 Å². The van der Waals surface area contributed by atoms with Crippen molar-refractivity contribution >= 4 is 5.78 Å². The molecule has 0 radical (unpaired) electrons. The van der Waals surface area contributed by atoms with Crippen molar-refractivity contribution in [3.05, 3.63) is 35.4 Å². The Morgan fingerprint density at radius 1 is 1.25 bits per heavy atom. The van der Waals surface area contributed by atoms with E-state index in [0.717, 1.165) is 5.56 Å². The molecule has 0 atom stereocenters. The molecule has 1 aromatic rings. The van der Waals surface area contributed by atoms with Gasteiger partial charge >= 0.3 is 12.3 Å². The van der Waals surface area contributed by atoms with Gasteiger partial charge in [0.15, 0.2) is 0 Å². The van der Waals surface area contributed by atoms with E-state index in [9.17, 15) is 22.4 Å². The smallest absolute Gasteiger partial charge is 0.292 e. The van der Waals surface area contributed by atoms with Crippen LogP contribution in [0.3, 0.4) is 0 Å². The summed E-state index contributed by atoms with van der Waals surface area (Å²) in [4.78, 5) is 10.9. The van der Waals surface area contributed by atoms with Crippen LogP contribution in [0, 0.1) is 6.92 Å². The predicted molar refractivity (Wildman–Crippen MR) is 50.8 cm³/mol. The number of alkyl halides is 4. The highest BCUT2D eigenvalue weighted by molar-refractivity contribution is 5.88. The van der Waals surface area contributed by atoms with Gasteiger partial charge in [0.2, 0.25) is 5.78 Å². The molecule has 0 bridgehead atoms. The summed E-state index contributed by atoms with van der Waals surface area (Å²) in [7, 11) is 0. The van der Waals surface area contributed by atoms with Crippen LogP contribution in [0.15, 0.2) is 24.3 Å². The van der Waals surface area contributed by atoms with Crippen LogP contribution in [0.5, 0.6) is 0 Å². The molecule has 5 heteroatoms. The van der Waals surface area contributed by atoms with Crippen molar-refractivity contribution in [1.82, 2.24) is 0 Å². The monoisotopic (exact) mass is 234 g/mol. The number of hydrogen-bond donors (Lipinski definition) is 0. The summed E-state index contributed by atoms with van der Waals surface area (Å²) >= 11 is 0. The summed E-state index contributed by atoms with van der Waals surface area (Å²) in [5.41, 5.74) is 1.20. The second-order valence-electron chi connectivity index (χ2n) is 3.51. The Balaban J connectivity index is 2.75.